The minimum absolute atomic E-state index is 0.0513. The van der Waals surface area contributed by atoms with Gasteiger partial charge < -0.3 is 4.74 Å². The largest absolute Gasteiger partial charge is 0.497 e. The van der Waals surface area contributed by atoms with E-state index in [0.717, 1.165) is 5.56 Å². The number of ether oxygens (including phenoxy) is 1. The van der Waals surface area contributed by atoms with Crippen LogP contribution in [-0.2, 0) is 10.0 Å². The van der Waals surface area contributed by atoms with Crippen LogP contribution in [-0.4, -0.2) is 20.1 Å². The maximum atomic E-state index is 14.2. The Balaban J connectivity index is 1.80. The molecule has 2 atom stereocenters. The first-order valence-corrected chi connectivity index (χ1v) is 12.9. The predicted octanol–water partition coefficient (Wildman–Crippen LogP) is 5.70. The zero-order chi connectivity index (χ0) is 24.7. The Bertz CT molecular complexity index is 1550. The fourth-order valence-electron chi connectivity index (χ4n) is 4.48. The second-order valence-electron chi connectivity index (χ2n) is 8.06. The van der Waals surface area contributed by atoms with Crippen LogP contribution in [0.15, 0.2) is 101 Å². The Labute approximate surface area is 213 Å². The maximum absolute atomic E-state index is 14.2. The zero-order valence-electron chi connectivity index (χ0n) is 18.5. The van der Waals surface area contributed by atoms with Crippen molar-refractivity contribution < 1.29 is 13.2 Å². The van der Waals surface area contributed by atoms with Crippen molar-refractivity contribution in [3.8, 4) is 5.75 Å². The van der Waals surface area contributed by atoms with Crippen LogP contribution in [0.2, 0.25) is 10.0 Å². The van der Waals surface area contributed by atoms with E-state index in [1.165, 1.54) is 34.2 Å². The summed E-state index contributed by atoms with van der Waals surface area (Å²) in [5.41, 5.74) is 1.11. The predicted molar refractivity (Wildman–Crippen MR) is 137 cm³/mol. The highest BCUT2D eigenvalue weighted by Crippen LogP contribution is 2.49. The van der Waals surface area contributed by atoms with Crippen LogP contribution in [0.1, 0.15) is 23.2 Å². The van der Waals surface area contributed by atoms with Gasteiger partial charge in [0.25, 0.3) is 15.6 Å². The van der Waals surface area contributed by atoms with Crippen molar-refractivity contribution >= 4 is 39.0 Å². The van der Waals surface area contributed by atoms with Gasteiger partial charge in [-0.3, -0.25) is 9.36 Å². The topological polar surface area (TPSA) is 68.6 Å². The molecule has 2 heterocycles. The van der Waals surface area contributed by atoms with E-state index in [1.807, 2.05) is 0 Å². The Morgan fingerprint density at radius 3 is 1.94 bits per heavy atom. The lowest BCUT2D eigenvalue weighted by molar-refractivity contribution is 0.413. The van der Waals surface area contributed by atoms with Crippen molar-refractivity contribution in [2.24, 2.45) is 0 Å². The molecule has 1 aromatic heterocycles. The van der Waals surface area contributed by atoms with Gasteiger partial charge in [0.1, 0.15) is 11.6 Å². The Morgan fingerprint density at radius 1 is 0.771 bits per heavy atom. The van der Waals surface area contributed by atoms with Crippen molar-refractivity contribution in [3.05, 3.63) is 123 Å². The van der Waals surface area contributed by atoms with E-state index < -0.39 is 22.1 Å². The molecule has 3 aromatic carbocycles. The number of halogens is 2. The van der Waals surface area contributed by atoms with Crippen LogP contribution in [0.3, 0.4) is 0 Å². The van der Waals surface area contributed by atoms with Gasteiger partial charge in [-0.15, -0.1) is 0 Å². The summed E-state index contributed by atoms with van der Waals surface area (Å²) in [4.78, 5) is 13.2. The van der Waals surface area contributed by atoms with E-state index >= 15 is 0 Å². The summed E-state index contributed by atoms with van der Waals surface area (Å²) in [7, 11) is -2.65. The first-order valence-electron chi connectivity index (χ1n) is 10.7. The van der Waals surface area contributed by atoms with Gasteiger partial charge in [-0.1, -0.05) is 59.6 Å². The molecule has 0 spiro atoms. The summed E-state index contributed by atoms with van der Waals surface area (Å²) in [6.45, 7) is 0. The molecule has 9 heteroatoms. The number of aromatic nitrogens is 1. The van der Waals surface area contributed by atoms with E-state index in [2.05, 4.69) is 0 Å². The van der Waals surface area contributed by atoms with Gasteiger partial charge in [0.2, 0.25) is 0 Å². The summed E-state index contributed by atoms with van der Waals surface area (Å²) >= 11 is 12.3. The number of sulfonamides is 1. The molecule has 0 bridgehead atoms. The number of benzene rings is 3. The molecule has 178 valence electrons. The number of anilines is 1. The molecule has 0 N–H and O–H groups in total. The van der Waals surface area contributed by atoms with E-state index in [0.29, 0.717) is 21.4 Å². The molecule has 0 saturated carbocycles. The van der Waals surface area contributed by atoms with Crippen LogP contribution in [0.4, 0.5) is 5.82 Å². The molecule has 0 fully saturated rings. The quantitative estimate of drug-likeness (QED) is 0.334. The van der Waals surface area contributed by atoms with Crippen molar-refractivity contribution in [2.75, 3.05) is 11.4 Å². The van der Waals surface area contributed by atoms with Crippen LogP contribution >= 0.6 is 23.2 Å². The Hall–Kier alpha value is -3.26. The zero-order valence-corrected chi connectivity index (χ0v) is 20.8. The SMILES string of the molecule is COc1cccc(S(=O)(=O)N2c3cccc(=O)n3C(c3ccc(Cl)cc3)C2c2ccc(Cl)cc2)c1. The lowest BCUT2D eigenvalue weighted by Crippen LogP contribution is -2.33. The number of rotatable bonds is 5. The second kappa shape index (κ2) is 9.07. The third kappa shape index (κ3) is 4.10. The molecule has 6 nitrogen and oxygen atoms in total. The Kier molecular flexibility index (Phi) is 6.09. The molecule has 1 aliphatic heterocycles. The molecular weight excluding hydrogens is 507 g/mol. The third-order valence-corrected chi connectivity index (χ3v) is 8.33. The third-order valence-electron chi connectivity index (χ3n) is 6.05. The molecule has 0 amide bonds. The van der Waals surface area contributed by atoms with Gasteiger partial charge in [-0.25, -0.2) is 12.7 Å². The van der Waals surface area contributed by atoms with Crippen LogP contribution < -0.4 is 14.6 Å². The first-order chi connectivity index (χ1) is 16.8. The van der Waals surface area contributed by atoms with Crippen LogP contribution in [0, 0.1) is 0 Å². The normalized spacial score (nSPS) is 17.3. The number of fused-ring (bicyclic) bond motifs is 1. The summed E-state index contributed by atoms with van der Waals surface area (Å²) in [5.74, 6) is 0.674. The highest BCUT2D eigenvalue weighted by molar-refractivity contribution is 7.92. The van der Waals surface area contributed by atoms with E-state index in [-0.39, 0.29) is 16.3 Å². The molecule has 4 aromatic rings. The minimum atomic E-state index is -4.12. The van der Waals surface area contributed by atoms with Crippen LogP contribution in [0.5, 0.6) is 5.75 Å². The van der Waals surface area contributed by atoms with Gasteiger partial charge in [0.05, 0.1) is 24.1 Å². The molecule has 35 heavy (non-hydrogen) atoms. The summed E-state index contributed by atoms with van der Waals surface area (Å²) < 4.78 is 36.4. The van der Waals surface area contributed by atoms with Gasteiger partial charge in [0.15, 0.2) is 0 Å². The maximum Gasteiger partial charge on any atom is 0.266 e. The average Bonchev–Trinajstić information content (AvgIpc) is 3.22. The molecule has 0 radical (unpaired) electrons. The second-order valence-corrected chi connectivity index (χ2v) is 10.8. The lowest BCUT2D eigenvalue weighted by Gasteiger charge is -2.29. The van der Waals surface area contributed by atoms with E-state index in [9.17, 15) is 13.2 Å². The van der Waals surface area contributed by atoms with Crippen molar-refractivity contribution in [2.45, 2.75) is 17.0 Å². The number of methoxy groups -OCH3 is 1. The highest BCUT2D eigenvalue weighted by atomic mass is 35.5. The van der Waals surface area contributed by atoms with Crippen molar-refractivity contribution in [3.63, 3.8) is 0 Å². The molecule has 1 aliphatic rings. The van der Waals surface area contributed by atoms with Gasteiger partial charge >= 0.3 is 0 Å². The molecule has 0 aliphatic carbocycles. The Morgan fingerprint density at radius 2 is 1.34 bits per heavy atom. The summed E-state index contributed by atoms with van der Waals surface area (Å²) in [5, 5.41) is 1.06. The van der Waals surface area contributed by atoms with Gasteiger partial charge in [0, 0.05) is 22.2 Å². The van der Waals surface area contributed by atoms with Gasteiger partial charge in [-0.2, -0.15) is 0 Å². The molecule has 2 unspecified atom stereocenters. The number of hydrogen-bond donors (Lipinski definition) is 0. The fraction of sp³-hybridized carbons (Fsp3) is 0.115. The molecule has 5 rings (SSSR count). The fourth-order valence-corrected chi connectivity index (χ4v) is 6.40. The smallest absolute Gasteiger partial charge is 0.266 e. The highest BCUT2D eigenvalue weighted by Gasteiger charge is 2.47. The number of nitrogens with zero attached hydrogens (tertiary/aromatic N) is 2. The van der Waals surface area contributed by atoms with E-state index in [4.69, 9.17) is 27.9 Å². The average molecular weight is 527 g/mol. The summed E-state index contributed by atoms with van der Waals surface area (Å²) in [6, 6.07) is 23.5. The van der Waals surface area contributed by atoms with E-state index in [1.54, 1.807) is 72.8 Å². The first kappa shape index (κ1) is 23.5. The molecular formula is C26H20Cl2N2O4S. The lowest BCUT2D eigenvalue weighted by atomic mass is 9.94. The standard InChI is InChI=1S/C26H20Cl2N2O4S/c1-34-21-4-2-5-22(16-21)35(32,33)30-23-6-3-7-24(31)29(23)25(17-8-12-19(27)13-9-17)26(30)18-10-14-20(28)15-11-18/h2-16,25-26H,1H3. The molecule has 0 saturated heterocycles. The van der Waals surface area contributed by atoms with Gasteiger partial charge in [-0.05, 0) is 53.6 Å². The monoisotopic (exact) mass is 526 g/mol. The summed E-state index contributed by atoms with van der Waals surface area (Å²) in [6.07, 6.45) is 0. The number of hydrogen-bond acceptors (Lipinski definition) is 4. The van der Waals surface area contributed by atoms with Crippen molar-refractivity contribution in [1.82, 2.24) is 4.57 Å². The number of pyridine rings is 1. The van der Waals surface area contributed by atoms with Crippen molar-refractivity contribution in [1.29, 1.82) is 0 Å². The minimum Gasteiger partial charge on any atom is -0.497 e. The van der Waals surface area contributed by atoms with Crippen LogP contribution in [0.25, 0.3) is 0 Å².